The fraction of sp³-hybridized carbons (Fsp3) is 0.308. The van der Waals surface area contributed by atoms with E-state index in [9.17, 15) is 4.79 Å². The fourth-order valence-electron chi connectivity index (χ4n) is 1.62. The minimum atomic E-state index is -0.941. The highest BCUT2D eigenvalue weighted by Crippen LogP contribution is 2.25. The molecule has 0 saturated heterocycles. The standard InChI is InChI=1S/C13H16O3/c1-4-16-13-9(2)7-11(8-10(13)3)5-6-12(14)15/h5-8H,4H2,1-3H3,(H,14,15)/b6-5+. The highest BCUT2D eigenvalue weighted by molar-refractivity contribution is 5.85. The van der Waals surface area contributed by atoms with Gasteiger partial charge in [-0.2, -0.15) is 0 Å². The number of carbonyl (C=O) groups is 1. The Kier molecular flexibility index (Phi) is 4.11. The molecule has 1 aromatic carbocycles. The molecule has 1 rings (SSSR count). The average molecular weight is 220 g/mol. The van der Waals surface area contributed by atoms with E-state index in [1.807, 2.05) is 32.9 Å². The van der Waals surface area contributed by atoms with Crippen LogP contribution in [0.2, 0.25) is 0 Å². The molecular formula is C13H16O3. The van der Waals surface area contributed by atoms with E-state index in [1.165, 1.54) is 0 Å². The first-order valence-corrected chi connectivity index (χ1v) is 5.19. The second kappa shape index (κ2) is 5.35. The van der Waals surface area contributed by atoms with E-state index in [0.29, 0.717) is 6.61 Å². The van der Waals surface area contributed by atoms with Crippen molar-refractivity contribution in [1.82, 2.24) is 0 Å². The van der Waals surface area contributed by atoms with Crippen LogP contribution < -0.4 is 4.74 Å². The quantitative estimate of drug-likeness (QED) is 0.793. The molecule has 0 unspecified atom stereocenters. The molecule has 3 heteroatoms. The Morgan fingerprint density at radius 2 is 1.94 bits per heavy atom. The predicted octanol–water partition coefficient (Wildman–Crippen LogP) is 2.80. The molecule has 0 bridgehead atoms. The summed E-state index contributed by atoms with van der Waals surface area (Å²) >= 11 is 0. The van der Waals surface area contributed by atoms with Crippen LogP contribution in [-0.4, -0.2) is 17.7 Å². The average Bonchev–Trinajstić information content (AvgIpc) is 2.20. The minimum Gasteiger partial charge on any atom is -0.493 e. The number of benzene rings is 1. The van der Waals surface area contributed by atoms with Crippen molar-refractivity contribution < 1.29 is 14.6 Å². The Hall–Kier alpha value is -1.77. The Bertz CT molecular complexity index is 396. The first-order valence-electron chi connectivity index (χ1n) is 5.19. The smallest absolute Gasteiger partial charge is 0.328 e. The van der Waals surface area contributed by atoms with E-state index in [-0.39, 0.29) is 0 Å². The summed E-state index contributed by atoms with van der Waals surface area (Å²) < 4.78 is 5.51. The van der Waals surface area contributed by atoms with Gasteiger partial charge in [-0.3, -0.25) is 0 Å². The first kappa shape index (κ1) is 12.3. The third-order valence-corrected chi connectivity index (χ3v) is 2.19. The molecule has 0 fully saturated rings. The van der Waals surface area contributed by atoms with E-state index in [0.717, 1.165) is 28.5 Å². The van der Waals surface area contributed by atoms with Gasteiger partial charge in [0.25, 0.3) is 0 Å². The second-order valence-corrected chi connectivity index (χ2v) is 3.59. The summed E-state index contributed by atoms with van der Waals surface area (Å²) in [5, 5.41) is 8.54. The Labute approximate surface area is 95.4 Å². The Balaban J connectivity index is 3.04. The SMILES string of the molecule is CCOc1c(C)cc(/C=C/C(=O)O)cc1C. The highest BCUT2D eigenvalue weighted by Gasteiger charge is 2.04. The van der Waals surface area contributed by atoms with Gasteiger partial charge in [0.05, 0.1) is 6.61 Å². The van der Waals surface area contributed by atoms with Crippen LogP contribution in [0.5, 0.6) is 5.75 Å². The lowest BCUT2D eigenvalue weighted by Gasteiger charge is -2.11. The van der Waals surface area contributed by atoms with Crippen molar-refractivity contribution in [3.8, 4) is 5.75 Å². The Morgan fingerprint density at radius 1 is 1.38 bits per heavy atom. The lowest BCUT2D eigenvalue weighted by Crippen LogP contribution is -1.97. The van der Waals surface area contributed by atoms with Crippen molar-refractivity contribution in [2.45, 2.75) is 20.8 Å². The van der Waals surface area contributed by atoms with E-state index in [1.54, 1.807) is 6.08 Å². The Morgan fingerprint density at radius 3 is 2.38 bits per heavy atom. The lowest BCUT2D eigenvalue weighted by molar-refractivity contribution is -0.131. The molecule has 3 nitrogen and oxygen atoms in total. The number of carboxylic acid groups (broad SMARTS) is 1. The normalized spacial score (nSPS) is 10.7. The number of ether oxygens (including phenoxy) is 1. The van der Waals surface area contributed by atoms with Crippen LogP contribution in [0.25, 0.3) is 6.08 Å². The zero-order valence-electron chi connectivity index (χ0n) is 9.78. The maximum atomic E-state index is 10.4. The summed E-state index contributed by atoms with van der Waals surface area (Å²) in [5.74, 6) is -0.0563. The van der Waals surface area contributed by atoms with Crippen molar-refractivity contribution in [1.29, 1.82) is 0 Å². The van der Waals surface area contributed by atoms with Crippen LogP contribution in [0.4, 0.5) is 0 Å². The van der Waals surface area contributed by atoms with Gasteiger partial charge in [0.1, 0.15) is 5.75 Å². The van der Waals surface area contributed by atoms with Gasteiger partial charge in [0, 0.05) is 6.08 Å². The van der Waals surface area contributed by atoms with Crippen LogP contribution in [0, 0.1) is 13.8 Å². The van der Waals surface area contributed by atoms with Crippen LogP contribution in [0.15, 0.2) is 18.2 Å². The number of rotatable bonds is 4. The molecule has 0 atom stereocenters. The lowest BCUT2D eigenvalue weighted by atomic mass is 10.1. The largest absolute Gasteiger partial charge is 0.493 e. The number of hydrogen-bond acceptors (Lipinski definition) is 2. The molecule has 1 aromatic rings. The van der Waals surface area contributed by atoms with Gasteiger partial charge >= 0.3 is 5.97 Å². The number of carboxylic acids is 1. The second-order valence-electron chi connectivity index (χ2n) is 3.59. The third-order valence-electron chi connectivity index (χ3n) is 2.19. The van der Waals surface area contributed by atoms with E-state index >= 15 is 0 Å². The van der Waals surface area contributed by atoms with Crippen molar-refractivity contribution in [2.24, 2.45) is 0 Å². The van der Waals surface area contributed by atoms with Crippen molar-refractivity contribution in [3.63, 3.8) is 0 Å². The first-order chi connectivity index (χ1) is 7.54. The van der Waals surface area contributed by atoms with Crippen LogP contribution >= 0.6 is 0 Å². The van der Waals surface area contributed by atoms with Gasteiger partial charge in [-0.1, -0.05) is 0 Å². The molecule has 86 valence electrons. The molecule has 0 aliphatic carbocycles. The van der Waals surface area contributed by atoms with Gasteiger partial charge in [-0.05, 0) is 55.7 Å². The van der Waals surface area contributed by atoms with Gasteiger partial charge < -0.3 is 9.84 Å². The third kappa shape index (κ3) is 3.12. The zero-order valence-corrected chi connectivity index (χ0v) is 9.78. The summed E-state index contributed by atoms with van der Waals surface area (Å²) in [6.45, 7) is 6.48. The number of aryl methyl sites for hydroxylation is 2. The van der Waals surface area contributed by atoms with Crippen LogP contribution in [0.3, 0.4) is 0 Å². The molecule has 0 spiro atoms. The van der Waals surface area contributed by atoms with Gasteiger partial charge in [-0.25, -0.2) is 4.79 Å². The van der Waals surface area contributed by atoms with Crippen molar-refractivity contribution >= 4 is 12.0 Å². The monoisotopic (exact) mass is 220 g/mol. The van der Waals surface area contributed by atoms with Gasteiger partial charge in [0.2, 0.25) is 0 Å². The summed E-state index contributed by atoms with van der Waals surface area (Å²) in [5.41, 5.74) is 2.92. The minimum absolute atomic E-state index is 0.631. The molecule has 0 heterocycles. The molecule has 0 aromatic heterocycles. The number of aliphatic carboxylic acids is 1. The molecule has 16 heavy (non-hydrogen) atoms. The van der Waals surface area contributed by atoms with E-state index in [2.05, 4.69) is 0 Å². The van der Waals surface area contributed by atoms with E-state index < -0.39 is 5.97 Å². The zero-order chi connectivity index (χ0) is 12.1. The molecule has 0 saturated carbocycles. The maximum Gasteiger partial charge on any atom is 0.328 e. The highest BCUT2D eigenvalue weighted by atomic mass is 16.5. The molecule has 0 radical (unpaired) electrons. The summed E-state index contributed by atoms with van der Waals surface area (Å²) in [7, 11) is 0. The van der Waals surface area contributed by atoms with Crippen molar-refractivity contribution in [3.05, 3.63) is 34.9 Å². The molecular weight excluding hydrogens is 204 g/mol. The van der Waals surface area contributed by atoms with Crippen LogP contribution in [0.1, 0.15) is 23.6 Å². The topological polar surface area (TPSA) is 46.5 Å². The molecule has 0 amide bonds. The van der Waals surface area contributed by atoms with Crippen molar-refractivity contribution in [2.75, 3.05) is 6.61 Å². The summed E-state index contributed by atoms with van der Waals surface area (Å²) in [6, 6.07) is 3.83. The fourth-order valence-corrected chi connectivity index (χ4v) is 1.62. The molecule has 0 aliphatic heterocycles. The molecule has 1 N–H and O–H groups in total. The van der Waals surface area contributed by atoms with E-state index in [4.69, 9.17) is 9.84 Å². The van der Waals surface area contributed by atoms with Gasteiger partial charge in [-0.15, -0.1) is 0 Å². The van der Waals surface area contributed by atoms with Gasteiger partial charge in [0.15, 0.2) is 0 Å². The predicted molar refractivity (Wildman–Crippen MR) is 63.8 cm³/mol. The number of hydrogen-bond donors (Lipinski definition) is 1. The molecule has 0 aliphatic rings. The maximum absolute atomic E-state index is 10.4. The van der Waals surface area contributed by atoms with Crippen LogP contribution in [-0.2, 0) is 4.79 Å². The summed E-state index contributed by atoms with van der Waals surface area (Å²) in [4.78, 5) is 10.4. The summed E-state index contributed by atoms with van der Waals surface area (Å²) in [6.07, 6.45) is 2.71.